The van der Waals surface area contributed by atoms with E-state index in [1.54, 1.807) is 6.08 Å². The first-order valence-corrected chi connectivity index (χ1v) is 8.62. The normalized spacial score (nSPS) is 10.4. The Morgan fingerprint density at radius 1 is 1.17 bits per heavy atom. The van der Waals surface area contributed by atoms with Crippen molar-refractivity contribution >= 4 is 43.9 Å². The Kier molecular flexibility index (Phi) is 7.10. The van der Waals surface area contributed by atoms with Gasteiger partial charge in [-0.3, -0.25) is 0 Å². The molecule has 0 bridgehead atoms. The number of benzene rings is 2. The summed E-state index contributed by atoms with van der Waals surface area (Å²) >= 11 is 6.87. The SMILES string of the molecule is C#CCOC(=O)/C=C/c1ccc(OCc2ccc(Br)cc2)c(Br)c1. The molecule has 0 amide bonds. The standard InChI is InChI=1S/C19H14Br2O3/c1-2-11-23-19(22)10-6-14-5-9-18(17(21)12-14)24-13-15-3-7-16(20)8-4-15/h1,3-10,12H,11,13H2/b10-6+. The fourth-order valence-electron chi connectivity index (χ4n) is 1.80. The van der Waals surface area contributed by atoms with Crippen LogP contribution in [0.4, 0.5) is 0 Å². The number of halogens is 2. The summed E-state index contributed by atoms with van der Waals surface area (Å²) in [5.41, 5.74) is 1.92. The van der Waals surface area contributed by atoms with Crippen molar-refractivity contribution in [1.82, 2.24) is 0 Å². The molecule has 0 saturated heterocycles. The highest BCUT2D eigenvalue weighted by Crippen LogP contribution is 2.27. The predicted octanol–water partition coefficient (Wildman–Crippen LogP) is 4.98. The van der Waals surface area contributed by atoms with E-state index in [1.165, 1.54) is 6.08 Å². The molecule has 0 radical (unpaired) electrons. The van der Waals surface area contributed by atoms with Crippen LogP contribution in [0.25, 0.3) is 6.08 Å². The van der Waals surface area contributed by atoms with Gasteiger partial charge < -0.3 is 9.47 Å². The summed E-state index contributed by atoms with van der Waals surface area (Å²) in [6.07, 6.45) is 8.01. The van der Waals surface area contributed by atoms with Crippen LogP contribution in [0.5, 0.6) is 5.75 Å². The molecule has 0 aliphatic rings. The third-order valence-corrected chi connectivity index (χ3v) is 4.12. The van der Waals surface area contributed by atoms with Crippen LogP contribution in [-0.2, 0) is 16.1 Å². The lowest BCUT2D eigenvalue weighted by molar-refractivity contribution is -0.136. The molecule has 0 saturated carbocycles. The predicted molar refractivity (Wildman–Crippen MR) is 101 cm³/mol. The maximum atomic E-state index is 11.4. The summed E-state index contributed by atoms with van der Waals surface area (Å²) in [7, 11) is 0. The highest BCUT2D eigenvalue weighted by Gasteiger charge is 2.03. The molecule has 0 spiro atoms. The molecule has 24 heavy (non-hydrogen) atoms. The number of ether oxygens (including phenoxy) is 2. The van der Waals surface area contributed by atoms with E-state index in [9.17, 15) is 4.79 Å². The third kappa shape index (κ3) is 5.88. The molecule has 2 rings (SSSR count). The van der Waals surface area contributed by atoms with E-state index in [0.717, 1.165) is 25.8 Å². The number of esters is 1. The van der Waals surface area contributed by atoms with E-state index >= 15 is 0 Å². The zero-order valence-electron chi connectivity index (χ0n) is 12.7. The van der Waals surface area contributed by atoms with Crippen LogP contribution in [-0.4, -0.2) is 12.6 Å². The second-order valence-electron chi connectivity index (χ2n) is 4.75. The summed E-state index contributed by atoms with van der Waals surface area (Å²) < 4.78 is 12.4. The van der Waals surface area contributed by atoms with Gasteiger partial charge in [-0.2, -0.15) is 0 Å². The number of carbonyl (C=O) groups excluding carboxylic acids is 1. The van der Waals surface area contributed by atoms with E-state index < -0.39 is 5.97 Å². The first kappa shape index (κ1) is 18.3. The van der Waals surface area contributed by atoms with Gasteiger partial charge in [-0.15, -0.1) is 6.42 Å². The Morgan fingerprint density at radius 2 is 1.92 bits per heavy atom. The first-order valence-electron chi connectivity index (χ1n) is 7.03. The second-order valence-corrected chi connectivity index (χ2v) is 6.52. The van der Waals surface area contributed by atoms with E-state index in [4.69, 9.17) is 15.9 Å². The molecule has 0 N–H and O–H groups in total. The molecule has 2 aromatic carbocycles. The molecule has 0 heterocycles. The smallest absolute Gasteiger partial charge is 0.331 e. The molecule has 0 fully saturated rings. The van der Waals surface area contributed by atoms with Gasteiger partial charge in [0, 0.05) is 10.5 Å². The molecule has 0 unspecified atom stereocenters. The van der Waals surface area contributed by atoms with Gasteiger partial charge in [-0.1, -0.05) is 40.0 Å². The minimum absolute atomic E-state index is 0.0320. The van der Waals surface area contributed by atoms with Crippen molar-refractivity contribution in [1.29, 1.82) is 0 Å². The summed E-state index contributed by atoms with van der Waals surface area (Å²) in [4.78, 5) is 11.4. The molecular weight excluding hydrogens is 436 g/mol. The maximum Gasteiger partial charge on any atom is 0.331 e. The van der Waals surface area contributed by atoms with Crippen molar-refractivity contribution in [3.8, 4) is 18.1 Å². The Labute approximate surface area is 157 Å². The average molecular weight is 450 g/mol. The summed E-state index contributed by atoms with van der Waals surface area (Å²) in [6.45, 7) is 0.440. The van der Waals surface area contributed by atoms with Gasteiger partial charge in [0.15, 0.2) is 6.61 Å². The van der Waals surface area contributed by atoms with Crippen LogP contribution in [0.2, 0.25) is 0 Å². The maximum absolute atomic E-state index is 11.4. The van der Waals surface area contributed by atoms with Crippen LogP contribution < -0.4 is 4.74 Å². The summed E-state index contributed by atoms with van der Waals surface area (Å²) in [5.74, 6) is 2.49. The van der Waals surface area contributed by atoms with Crippen LogP contribution >= 0.6 is 31.9 Å². The van der Waals surface area contributed by atoms with E-state index in [0.29, 0.717) is 6.61 Å². The van der Waals surface area contributed by atoms with Gasteiger partial charge in [0.2, 0.25) is 0 Å². The molecule has 0 aromatic heterocycles. The van der Waals surface area contributed by atoms with Crippen molar-refractivity contribution in [2.75, 3.05) is 6.61 Å². The number of hydrogen-bond donors (Lipinski definition) is 0. The molecule has 0 atom stereocenters. The summed E-state index contributed by atoms with van der Waals surface area (Å²) in [6, 6.07) is 13.5. The van der Waals surface area contributed by atoms with E-state index in [-0.39, 0.29) is 6.61 Å². The lowest BCUT2D eigenvalue weighted by Gasteiger charge is -2.09. The van der Waals surface area contributed by atoms with E-state index in [1.807, 2.05) is 42.5 Å². The Bertz CT molecular complexity index is 774. The van der Waals surface area contributed by atoms with Gasteiger partial charge in [-0.05, 0) is 57.4 Å². The van der Waals surface area contributed by atoms with Gasteiger partial charge in [0.1, 0.15) is 12.4 Å². The Hall–Kier alpha value is -2.03. The molecule has 122 valence electrons. The Morgan fingerprint density at radius 3 is 2.58 bits per heavy atom. The number of terminal acetylenes is 1. The minimum Gasteiger partial charge on any atom is -0.488 e. The van der Waals surface area contributed by atoms with Crippen molar-refractivity contribution in [3.05, 3.63) is 68.6 Å². The second kappa shape index (κ2) is 9.31. The molecular formula is C19H14Br2O3. The van der Waals surface area contributed by atoms with Crippen molar-refractivity contribution in [2.45, 2.75) is 6.61 Å². The molecule has 0 aliphatic heterocycles. The lowest BCUT2D eigenvalue weighted by Crippen LogP contribution is -1.99. The molecule has 5 heteroatoms. The highest BCUT2D eigenvalue weighted by atomic mass is 79.9. The average Bonchev–Trinajstić information content (AvgIpc) is 2.58. The fraction of sp³-hybridized carbons (Fsp3) is 0.105. The van der Waals surface area contributed by atoms with Crippen LogP contribution in [0, 0.1) is 12.3 Å². The van der Waals surface area contributed by atoms with Gasteiger partial charge >= 0.3 is 5.97 Å². The van der Waals surface area contributed by atoms with Crippen molar-refractivity contribution in [3.63, 3.8) is 0 Å². The first-order chi connectivity index (χ1) is 11.6. The quantitative estimate of drug-likeness (QED) is 0.354. The topological polar surface area (TPSA) is 35.5 Å². The third-order valence-electron chi connectivity index (χ3n) is 2.97. The minimum atomic E-state index is -0.473. The van der Waals surface area contributed by atoms with Crippen molar-refractivity contribution < 1.29 is 14.3 Å². The number of carbonyl (C=O) groups is 1. The zero-order chi connectivity index (χ0) is 17.4. The van der Waals surface area contributed by atoms with Gasteiger partial charge in [0.25, 0.3) is 0 Å². The van der Waals surface area contributed by atoms with Crippen molar-refractivity contribution in [2.24, 2.45) is 0 Å². The van der Waals surface area contributed by atoms with Crippen LogP contribution in [0.3, 0.4) is 0 Å². The van der Waals surface area contributed by atoms with Gasteiger partial charge in [-0.25, -0.2) is 4.79 Å². The highest BCUT2D eigenvalue weighted by molar-refractivity contribution is 9.10. The fourth-order valence-corrected chi connectivity index (χ4v) is 2.58. The number of hydrogen-bond acceptors (Lipinski definition) is 3. The van der Waals surface area contributed by atoms with Crippen LogP contribution in [0.15, 0.2) is 57.5 Å². The lowest BCUT2D eigenvalue weighted by atomic mass is 10.2. The van der Waals surface area contributed by atoms with E-state index in [2.05, 4.69) is 37.8 Å². The molecule has 2 aromatic rings. The summed E-state index contributed by atoms with van der Waals surface area (Å²) in [5, 5.41) is 0. The monoisotopic (exact) mass is 448 g/mol. The number of rotatable bonds is 6. The van der Waals surface area contributed by atoms with Gasteiger partial charge in [0.05, 0.1) is 4.47 Å². The van der Waals surface area contributed by atoms with Crippen LogP contribution in [0.1, 0.15) is 11.1 Å². The zero-order valence-corrected chi connectivity index (χ0v) is 15.8. The Balaban J connectivity index is 1.96. The molecule has 0 aliphatic carbocycles. The largest absolute Gasteiger partial charge is 0.488 e. The molecule has 3 nitrogen and oxygen atoms in total.